The summed E-state index contributed by atoms with van der Waals surface area (Å²) in [5.74, 6) is 1.27. The highest BCUT2D eigenvalue weighted by Gasteiger charge is 2.29. The summed E-state index contributed by atoms with van der Waals surface area (Å²) in [5, 5.41) is 10.00. The number of nitriles is 1. The van der Waals surface area contributed by atoms with Crippen molar-refractivity contribution in [2.75, 3.05) is 37.6 Å². The number of benzene rings is 2. The van der Waals surface area contributed by atoms with Gasteiger partial charge in [-0.2, -0.15) is 5.26 Å². The predicted molar refractivity (Wildman–Crippen MR) is 134 cm³/mol. The van der Waals surface area contributed by atoms with Crippen molar-refractivity contribution in [3.05, 3.63) is 82.9 Å². The first-order chi connectivity index (χ1) is 16.3. The second-order valence-electron chi connectivity index (χ2n) is 8.98. The number of hydrogen-bond donors (Lipinski definition) is 0. The Morgan fingerprint density at radius 3 is 2.48 bits per heavy atom. The molecule has 2 aromatic heterocycles. The third-order valence-corrected chi connectivity index (χ3v) is 7.04. The van der Waals surface area contributed by atoms with E-state index >= 15 is 0 Å². The molecule has 0 spiro atoms. The Morgan fingerprint density at radius 2 is 1.67 bits per heavy atom. The molecular formula is C28H27N5. The van der Waals surface area contributed by atoms with Crippen LogP contribution in [0.15, 0.2) is 60.7 Å². The van der Waals surface area contributed by atoms with E-state index in [1.807, 2.05) is 6.07 Å². The minimum absolute atomic E-state index is 0.770. The van der Waals surface area contributed by atoms with E-state index in [2.05, 4.69) is 81.0 Å². The van der Waals surface area contributed by atoms with Crippen molar-refractivity contribution in [1.82, 2.24) is 14.3 Å². The Morgan fingerprint density at radius 1 is 0.909 bits per heavy atom. The van der Waals surface area contributed by atoms with Gasteiger partial charge in [-0.05, 0) is 48.1 Å². The first kappa shape index (κ1) is 20.0. The molecule has 6 rings (SSSR count). The summed E-state index contributed by atoms with van der Waals surface area (Å²) in [6.45, 7) is 5.00. The fraction of sp³-hybridized carbons (Fsp3) is 0.286. The number of fused-ring (bicyclic) bond motifs is 4. The zero-order valence-corrected chi connectivity index (χ0v) is 18.7. The van der Waals surface area contributed by atoms with Crippen LogP contribution in [0.2, 0.25) is 0 Å². The number of imidazole rings is 1. The van der Waals surface area contributed by atoms with Crippen molar-refractivity contribution >= 4 is 28.6 Å². The Kier molecular flexibility index (Phi) is 5.09. The number of aromatic nitrogens is 2. The van der Waals surface area contributed by atoms with Crippen LogP contribution in [-0.4, -0.2) is 47.0 Å². The lowest BCUT2D eigenvalue weighted by Gasteiger charge is -2.37. The van der Waals surface area contributed by atoms with E-state index < -0.39 is 0 Å². The topological polar surface area (TPSA) is 47.6 Å². The zero-order chi connectivity index (χ0) is 22.2. The SMILES string of the molecule is N#Cc1c2c(c(N3CCN(CC=Cc4ccccc4)CC3)n3c1nc1ccccc13)CCC2. The van der Waals surface area contributed by atoms with E-state index in [0.29, 0.717) is 0 Å². The van der Waals surface area contributed by atoms with Crippen LogP contribution in [0.1, 0.15) is 28.7 Å². The van der Waals surface area contributed by atoms with Crippen LogP contribution in [0.4, 0.5) is 5.82 Å². The quantitative estimate of drug-likeness (QED) is 0.469. The van der Waals surface area contributed by atoms with Gasteiger partial charge in [0, 0.05) is 32.7 Å². The molecule has 5 nitrogen and oxygen atoms in total. The Bertz CT molecular complexity index is 1390. The monoisotopic (exact) mass is 433 g/mol. The maximum Gasteiger partial charge on any atom is 0.157 e. The molecule has 1 aliphatic carbocycles. The Labute approximate surface area is 194 Å². The molecule has 0 N–H and O–H groups in total. The summed E-state index contributed by atoms with van der Waals surface area (Å²) in [4.78, 5) is 9.95. The van der Waals surface area contributed by atoms with Crippen molar-refractivity contribution in [2.24, 2.45) is 0 Å². The third kappa shape index (κ3) is 3.48. The number of pyridine rings is 1. The average Bonchev–Trinajstić information content (AvgIpc) is 3.49. The fourth-order valence-corrected chi connectivity index (χ4v) is 5.44. The molecule has 0 atom stereocenters. The molecule has 4 aromatic rings. The van der Waals surface area contributed by atoms with Gasteiger partial charge in [-0.15, -0.1) is 0 Å². The Hall–Kier alpha value is -3.62. The molecular weight excluding hydrogens is 406 g/mol. The highest BCUT2D eigenvalue weighted by molar-refractivity contribution is 5.86. The molecule has 5 heteroatoms. The highest BCUT2D eigenvalue weighted by Crippen LogP contribution is 2.38. The highest BCUT2D eigenvalue weighted by atomic mass is 15.3. The number of anilines is 1. The summed E-state index contributed by atoms with van der Waals surface area (Å²) in [7, 11) is 0. The third-order valence-electron chi connectivity index (χ3n) is 7.04. The molecule has 2 aliphatic rings. The molecule has 164 valence electrons. The van der Waals surface area contributed by atoms with E-state index in [9.17, 15) is 5.26 Å². The minimum atomic E-state index is 0.770. The van der Waals surface area contributed by atoms with Crippen LogP contribution < -0.4 is 4.90 Å². The molecule has 1 aliphatic heterocycles. The maximum atomic E-state index is 10.00. The number of nitrogens with zero attached hydrogens (tertiary/aromatic N) is 5. The molecule has 0 radical (unpaired) electrons. The molecule has 0 amide bonds. The fourth-order valence-electron chi connectivity index (χ4n) is 5.44. The van der Waals surface area contributed by atoms with Gasteiger partial charge >= 0.3 is 0 Å². The summed E-state index contributed by atoms with van der Waals surface area (Å²) in [5.41, 5.74) is 7.49. The molecule has 0 bridgehead atoms. The summed E-state index contributed by atoms with van der Waals surface area (Å²) < 4.78 is 2.27. The molecule has 33 heavy (non-hydrogen) atoms. The van der Waals surface area contributed by atoms with Gasteiger partial charge in [-0.1, -0.05) is 54.6 Å². The normalized spacial score (nSPS) is 16.6. The van der Waals surface area contributed by atoms with Gasteiger partial charge in [-0.3, -0.25) is 9.30 Å². The van der Waals surface area contributed by atoms with Gasteiger partial charge in [0.05, 0.1) is 16.6 Å². The minimum Gasteiger partial charge on any atom is -0.355 e. The van der Waals surface area contributed by atoms with E-state index in [-0.39, 0.29) is 0 Å². The first-order valence-corrected chi connectivity index (χ1v) is 11.9. The van der Waals surface area contributed by atoms with E-state index in [1.54, 1.807) is 0 Å². The maximum absolute atomic E-state index is 10.00. The van der Waals surface area contributed by atoms with Gasteiger partial charge in [0.1, 0.15) is 11.9 Å². The van der Waals surface area contributed by atoms with E-state index in [1.165, 1.54) is 22.5 Å². The Balaban J connectivity index is 1.31. The van der Waals surface area contributed by atoms with Crippen LogP contribution in [-0.2, 0) is 12.8 Å². The second-order valence-corrected chi connectivity index (χ2v) is 8.98. The second kappa shape index (κ2) is 8.38. The van der Waals surface area contributed by atoms with Crippen molar-refractivity contribution in [2.45, 2.75) is 19.3 Å². The number of rotatable bonds is 4. The van der Waals surface area contributed by atoms with E-state index in [4.69, 9.17) is 4.98 Å². The van der Waals surface area contributed by atoms with Crippen molar-refractivity contribution in [3.63, 3.8) is 0 Å². The van der Waals surface area contributed by atoms with Crippen molar-refractivity contribution in [1.29, 1.82) is 5.26 Å². The van der Waals surface area contributed by atoms with Gasteiger partial charge < -0.3 is 4.90 Å². The van der Waals surface area contributed by atoms with Gasteiger partial charge in [0.15, 0.2) is 5.65 Å². The predicted octanol–water partition coefficient (Wildman–Crippen LogP) is 4.68. The molecule has 2 aromatic carbocycles. The summed E-state index contributed by atoms with van der Waals surface area (Å²) in [6.07, 6.45) is 7.62. The summed E-state index contributed by atoms with van der Waals surface area (Å²) in [6, 6.07) is 21.2. The lowest BCUT2D eigenvalue weighted by Crippen LogP contribution is -2.47. The van der Waals surface area contributed by atoms with Gasteiger partial charge in [-0.25, -0.2) is 4.98 Å². The standard InChI is InChI=1S/C28H27N5/c29-20-24-22-11-6-12-23(22)28(33-26-14-5-4-13-25(26)30-27(24)33)32-18-16-31(17-19-32)15-7-10-21-8-2-1-3-9-21/h1-5,7-10,13-14H,6,11-12,15-19H2. The van der Waals surface area contributed by atoms with E-state index in [0.717, 1.165) is 74.2 Å². The van der Waals surface area contributed by atoms with Crippen molar-refractivity contribution in [3.8, 4) is 6.07 Å². The van der Waals surface area contributed by atoms with Crippen LogP contribution in [0, 0.1) is 11.3 Å². The van der Waals surface area contributed by atoms with Gasteiger partial charge in [0.25, 0.3) is 0 Å². The summed E-state index contributed by atoms with van der Waals surface area (Å²) >= 11 is 0. The number of piperazine rings is 1. The smallest absolute Gasteiger partial charge is 0.157 e. The molecule has 3 heterocycles. The zero-order valence-electron chi connectivity index (χ0n) is 18.7. The number of hydrogen-bond acceptors (Lipinski definition) is 4. The van der Waals surface area contributed by atoms with Crippen LogP contribution in [0.5, 0.6) is 0 Å². The molecule has 1 saturated heterocycles. The van der Waals surface area contributed by atoms with Crippen LogP contribution >= 0.6 is 0 Å². The van der Waals surface area contributed by atoms with Crippen LogP contribution in [0.3, 0.4) is 0 Å². The molecule has 0 unspecified atom stereocenters. The average molecular weight is 434 g/mol. The number of para-hydroxylation sites is 2. The van der Waals surface area contributed by atoms with Gasteiger partial charge in [0.2, 0.25) is 0 Å². The first-order valence-electron chi connectivity index (χ1n) is 11.9. The molecule has 0 saturated carbocycles. The van der Waals surface area contributed by atoms with Crippen molar-refractivity contribution < 1.29 is 0 Å². The lowest BCUT2D eigenvalue weighted by atomic mass is 10.0. The molecule has 1 fully saturated rings. The largest absolute Gasteiger partial charge is 0.355 e. The lowest BCUT2D eigenvalue weighted by molar-refractivity contribution is 0.283. The van der Waals surface area contributed by atoms with Crippen LogP contribution in [0.25, 0.3) is 22.8 Å².